The topological polar surface area (TPSA) is 67.9 Å². The maximum atomic E-state index is 12.3. The number of nitrogens with zero attached hydrogens (tertiary/aromatic N) is 1. The first-order valence-electron chi connectivity index (χ1n) is 6.61. The first-order valence-corrected chi connectivity index (χ1v) is 6.61. The van der Waals surface area contributed by atoms with Crippen molar-refractivity contribution >= 4 is 17.5 Å². The largest absolute Gasteiger partial charge is 0.486 e. The Kier molecular flexibility index (Phi) is 3.00. The summed E-state index contributed by atoms with van der Waals surface area (Å²) in [6.07, 6.45) is 0. The molecule has 1 N–H and O–H groups in total. The highest BCUT2D eigenvalue weighted by Crippen LogP contribution is 2.35. The van der Waals surface area contributed by atoms with Crippen LogP contribution in [0.3, 0.4) is 0 Å². The number of piperazine rings is 1. The van der Waals surface area contributed by atoms with Gasteiger partial charge in [0.05, 0.1) is 0 Å². The van der Waals surface area contributed by atoms with Crippen LogP contribution in [0.2, 0.25) is 0 Å². The molecule has 2 aliphatic rings. The van der Waals surface area contributed by atoms with E-state index in [9.17, 15) is 9.59 Å². The van der Waals surface area contributed by atoms with E-state index < -0.39 is 12.1 Å². The molecule has 1 saturated heterocycles. The van der Waals surface area contributed by atoms with Crippen LogP contribution in [0.1, 0.15) is 13.8 Å². The van der Waals surface area contributed by atoms with Crippen LogP contribution in [0.5, 0.6) is 11.5 Å². The van der Waals surface area contributed by atoms with Crippen LogP contribution in [-0.2, 0) is 9.59 Å². The molecule has 106 valence electrons. The molecule has 2 atom stereocenters. The second-order valence-electron chi connectivity index (χ2n) is 4.94. The summed E-state index contributed by atoms with van der Waals surface area (Å²) < 4.78 is 11.0. The number of carbonyl (C=O) groups excluding carboxylic acids is 2. The fourth-order valence-corrected chi connectivity index (χ4v) is 2.45. The molecule has 2 aliphatic heterocycles. The van der Waals surface area contributed by atoms with Crippen LogP contribution in [0, 0.1) is 0 Å². The summed E-state index contributed by atoms with van der Waals surface area (Å²) in [5, 5.41) is 2.65. The maximum Gasteiger partial charge on any atom is 0.250 e. The van der Waals surface area contributed by atoms with Gasteiger partial charge in [-0.25, -0.2) is 0 Å². The molecule has 6 heteroatoms. The molecule has 0 saturated carbocycles. The predicted octanol–water partition coefficient (Wildman–Crippen LogP) is 0.698. The van der Waals surface area contributed by atoms with Gasteiger partial charge in [0.1, 0.15) is 25.3 Å². The van der Waals surface area contributed by atoms with Gasteiger partial charge < -0.3 is 14.8 Å². The number of hydrogen-bond donors (Lipinski definition) is 1. The summed E-state index contributed by atoms with van der Waals surface area (Å²) in [7, 11) is 0. The Morgan fingerprint density at radius 2 is 1.85 bits per heavy atom. The van der Waals surface area contributed by atoms with E-state index >= 15 is 0 Å². The number of fused-ring (bicyclic) bond motifs is 1. The Morgan fingerprint density at radius 3 is 2.60 bits per heavy atom. The first kappa shape index (κ1) is 12.8. The number of hydrogen-bond acceptors (Lipinski definition) is 4. The van der Waals surface area contributed by atoms with E-state index in [0.717, 1.165) is 0 Å². The van der Waals surface area contributed by atoms with E-state index in [1.165, 1.54) is 4.90 Å². The number of ether oxygens (including phenoxy) is 2. The van der Waals surface area contributed by atoms with Crippen molar-refractivity contribution in [3.05, 3.63) is 18.2 Å². The molecule has 0 aromatic heterocycles. The van der Waals surface area contributed by atoms with Gasteiger partial charge in [-0.2, -0.15) is 0 Å². The zero-order valence-corrected chi connectivity index (χ0v) is 11.4. The van der Waals surface area contributed by atoms with Gasteiger partial charge in [-0.15, -0.1) is 0 Å². The lowest BCUT2D eigenvalue weighted by Gasteiger charge is -2.36. The van der Waals surface area contributed by atoms with E-state index in [0.29, 0.717) is 30.4 Å². The fourth-order valence-electron chi connectivity index (χ4n) is 2.45. The van der Waals surface area contributed by atoms with Gasteiger partial charge in [-0.05, 0) is 26.0 Å². The summed E-state index contributed by atoms with van der Waals surface area (Å²) in [5.74, 6) is 0.975. The Hall–Kier alpha value is -2.24. The lowest BCUT2D eigenvalue weighted by Crippen LogP contribution is -2.61. The van der Waals surface area contributed by atoms with Crippen LogP contribution in [0.15, 0.2) is 18.2 Å². The minimum Gasteiger partial charge on any atom is -0.486 e. The molecule has 1 aromatic carbocycles. The van der Waals surface area contributed by atoms with Gasteiger partial charge in [-0.1, -0.05) is 0 Å². The molecule has 6 nitrogen and oxygen atoms in total. The molecule has 20 heavy (non-hydrogen) atoms. The summed E-state index contributed by atoms with van der Waals surface area (Å²) in [6, 6.07) is 4.22. The Morgan fingerprint density at radius 1 is 1.15 bits per heavy atom. The van der Waals surface area contributed by atoms with Crippen molar-refractivity contribution in [2.75, 3.05) is 18.1 Å². The van der Waals surface area contributed by atoms with Crippen molar-refractivity contribution in [1.29, 1.82) is 0 Å². The quantitative estimate of drug-likeness (QED) is 0.819. The van der Waals surface area contributed by atoms with Crippen LogP contribution >= 0.6 is 0 Å². The molecular formula is C14H16N2O4. The van der Waals surface area contributed by atoms with Crippen molar-refractivity contribution in [1.82, 2.24) is 5.32 Å². The molecule has 0 aliphatic carbocycles. The highest BCUT2D eigenvalue weighted by molar-refractivity contribution is 6.08. The maximum absolute atomic E-state index is 12.3. The summed E-state index contributed by atoms with van der Waals surface area (Å²) in [4.78, 5) is 25.7. The Balaban J connectivity index is 1.98. The number of rotatable bonds is 1. The van der Waals surface area contributed by atoms with Crippen molar-refractivity contribution in [3.8, 4) is 11.5 Å². The molecule has 0 radical (unpaired) electrons. The fraction of sp³-hybridized carbons (Fsp3) is 0.429. The highest BCUT2D eigenvalue weighted by Gasteiger charge is 2.37. The summed E-state index contributed by atoms with van der Waals surface area (Å²) in [5.41, 5.74) is 0.647. The average Bonchev–Trinajstić information content (AvgIpc) is 2.45. The third-order valence-corrected chi connectivity index (χ3v) is 3.54. The van der Waals surface area contributed by atoms with Gasteiger partial charge in [0.15, 0.2) is 11.5 Å². The predicted molar refractivity (Wildman–Crippen MR) is 72.0 cm³/mol. The zero-order chi connectivity index (χ0) is 14.3. The lowest BCUT2D eigenvalue weighted by atomic mass is 10.1. The van der Waals surface area contributed by atoms with Crippen molar-refractivity contribution in [2.24, 2.45) is 0 Å². The molecule has 0 bridgehead atoms. The van der Waals surface area contributed by atoms with Crippen molar-refractivity contribution < 1.29 is 19.1 Å². The van der Waals surface area contributed by atoms with Crippen LogP contribution in [-0.4, -0.2) is 37.1 Å². The van der Waals surface area contributed by atoms with E-state index in [1.54, 1.807) is 32.0 Å². The number of amides is 2. The Labute approximate surface area is 116 Å². The summed E-state index contributed by atoms with van der Waals surface area (Å²) >= 11 is 0. The zero-order valence-electron chi connectivity index (χ0n) is 11.4. The molecule has 1 fully saturated rings. The third-order valence-electron chi connectivity index (χ3n) is 3.54. The second kappa shape index (κ2) is 4.70. The number of anilines is 1. The highest BCUT2D eigenvalue weighted by atomic mass is 16.6. The number of benzene rings is 1. The molecule has 2 amide bonds. The van der Waals surface area contributed by atoms with Gasteiger partial charge in [0, 0.05) is 11.8 Å². The van der Waals surface area contributed by atoms with E-state index in [2.05, 4.69) is 5.32 Å². The van der Waals surface area contributed by atoms with Crippen LogP contribution < -0.4 is 19.7 Å². The van der Waals surface area contributed by atoms with E-state index in [1.807, 2.05) is 0 Å². The van der Waals surface area contributed by atoms with Crippen molar-refractivity contribution in [3.63, 3.8) is 0 Å². The van der Waals surface area contributed by atoms with Crippen LogP contribution in [0.4, 0.5) is 5.69 Å². The van der Waals surface area contributed by atoms with E-state index in [-0.39, 0.29) is 11.8 Å². The molecule has 2 unspecified atom stereocenters. The van der Waals surface area contributed by atoms with E-state index in [4.69, 9.17) is 9.47 Å². The average molecular weight is 276 g/mol. The number of nitrogens with one attached hydrogen (secondary N) is 1. The van der Waals surface area contributed by atoms with Crippen LogP contribution in [0.25, 0.3) is 0 Å². The first-order chi connectivity index (χ1) is 9.58. The SMILES string of the molecule is CC1NC(=O)C(C)N(c2ccc3c(c2)OCCO3)C1=O. The molecule has 0 spiro atoms. The Bertz CT molecular complexity index is 572. The van der Waals surface area contributed by atoms with Gasteiger partial charge in [0.2, 0.25) is 11.8 Å². The molecule has 3 rings (SSSR count). The smallest absolute Gasteiger partial charge is 0.250 e. The molecule has 2 heterocycles. The standard InChI is InChI=1S/C14H16N2O4/c1-8-14(18)16(9(2)13(17)15-8)10-3-4-11-12(7-10)20-6-5-19-11/h3-4,7-9H,5-6H2,1-2H3,(H,15,17). The van der Waals surface area contributed by atoms with Gasteiger partial charge >= 0.3 is 0 Å². The summed E-state index contributed by atoms with van der Waals surface area (Å²) in [6.45, 7) is 4.38. The van der Waals surface area contributed by atoms with Gasteiger partial charge in [-0.3, -0.25) is 14.5 Å². The minimum atomic E-state index is -0.541. The minimum absolute atomic E-state index is 0.131. The lowest BCUT2D eigenvalue weighted by molar-refractivity contribution is -0.133. The molecular weight excluding hydrogens is 260 g/mol. The van der Waals surface area contributed by atoms with Gasteiger partial charge in [0.25, 0.3) is 0 Å². The second-order valence-corrected chi connectivity index (χ2v) is 4.94. The third kappa shape index (κ3) is 1.97. The molecule has 1 aromatic rings. The number of carbonyl (C=O) groups is 2. The normalized spacial score (nSPS) is 25.4. The monoisotopic (exact) mass is 276 g/mol. The van der Waals surface area contributed by atoms with Crippen molar-refractivity contribution in [2.45, 2.75) is 25.9 Å².